The first-order chi connectivity index (χ1) is 14.8. The highest BCUT2D eigenvalue weighted by molar-refractivity contribution is 5.80. The van der Waals surface area contributed by atoms with E-state index in [9.17, 15) is 9.90 Å². The Kier molecular flexibility index (Phi) is 6.29. The molecule has 2 fully saturated rings. The van der Waals surface area contributed by atoms with Crippen LogP contribution in [-0.4, -0.2) is 56.7 Å². The van der Waals surface area contributed by atoms with Gasteiger partial charge in [-0.05, 0) is 63.3 Å². The summed E-state index contributed by atoms with van der Waals surface area (Å²) >= 11 is 0. The fraction of sp³-hybridized carbons (Fsp3) is 0.609. The Morgan fingerprint density at radius 2 is 2.06 bits per heavy atom. The van der Waals surface area contributed by atoms with Gasteiger partial charge in [0.1, 0.15) is 6.10 Å². The summed E-state index contributed by atoms with van der Waals surface area (Å²) in [6.45, 7) is 11.3. The highest BCUT2D eigenvalue weighted by Gasteiger charge is 2.34. The Labute approximate surface area is 183 Å². The van der Waals surface area contributed by atoms with Gasteiger partial charge >= 0.3 is 6.01 Å². The van der Waals surface area contributed by atoms with Crippen LogP contribution in [0.25, 0.3) is 0 Å². The predicted octanol–water partition coefficient (Wildman–Crippen LogP) is 3.32. The Hall–Kier alpha value is -2.45. The molecule has 1 aliphatic carbocycles. The van der Waals surface area contributed by atoms with E-state index in [2.05, 4.69) is 58.2 Å². The molecular weight excluding hydrogens is 394 g/mol. The minimum Gasteiger partial charge on any atom is -0.405 e. The van der Waals surface area contributed by atoms with E-state index in [0.717, 1.165) is 55.8 Å². The third-order valence-electron chi connectivity index (χ3n) is 6.54. The van der Waals surface area contributed by atoms with Crippen molar-refractivity contribution in [1.82, 2.24) is 20.0 Å². The van der Waals surface area contributed by atoms with Crippen molar-refractivity contribution in [3.05, 3.63) is 34.7 Å². The second-order valence-electron chi connectivity index (χ2n) is 9.09. The van der Waals surface area contributed by atoms with Crippen LogP contribution >= 0.6 is 0 Å². The molecule has 2 atom stereocenters. The highest BCUT2D eigenvalue weighted by Crippen LogP contribution is 2.30. The Bertz CT molecular complexity index is 937. The van der Waals surface area contributed by atoms with Crippen LogP contribution in [0.2, 0.25) is 0 Å². The van der Waals surface area contributed by atoms with Gasteiger partial charge in [0.25, 0.3) is 0 Å². The number of hydrogen-bond donors (Lipinski definition) is 2. The molecule has 1 amide bonds. The van der Waals surface area contributed by atoms with Gasteiger partial charge in [-0.3, -0.25) is 9.69 Å². The first-order valence-corrected chi connectivity index (χ1v) is 11.2. The van der Waals surface area contributed by atoms with E-state index >= 15 is 0 Å². The average molecular weight is 428 g/mol. The highest BCUT2D eigenvalue weighted by atomic mass is 16.4. The van der Waals surface area contributed by atoms with Gasteiger partial charge < -0.3 is 19.7 Å². The zero-order chi connectivity index (χ0) is 22.1. The number of nitrogens with one attached hydrogen (secondary N) is 1. The van der Waals surface area contributed by atoms with Crippen LogP contribution in [-0.2, 0) is 11.3 Å². The number of nitrogens with zero attached hydrogens (tertiary/aromatic N) is 4. The molecule has 8 nitrogen and oxygen atoms in total. The fourth-order valence-corrected chi connectivity index (χ4v) is 4.43. The van der Waals surface area contributed by atoms with Crippen LogP contribution in [0.5, 0.6) is 0 Å². The van der Waals surface area contributed by atoms with Gasteiger partial charge in [0.2, 0.25) is 11.8 Å². The zero-order valence-corrected chi connectivity index (χ0v) is 18.9. The van der Waals surface area contributed by atoms with Crippen molar-refractivity contribution in [2.75, 3.05) is 25.0 Å². The number of amides is 1. The summed E-state index contributed by atoms with van der Waals surface area (Å²) in [6.07, 6.45) is 2.51. The van der Waals surface area contributed by atoms with Gasteiger partial charge in [0.05, 0.1) is 0 Å². The molecular formula is C23H33N5O3. The first kappa shape index (κ1) is 21.8. The van der Waals surface area contributed by atoms with Crippen molar-refractivity contribution in [3.63, 3.8) is 0 Å². The lowest BCUT2D eigenvalue weighted by Crippen LogP contribution is -2.55. The minimum atomic E-state index is -0.797. The van der Waals surface area contributed by atoms with E-state index in [4.69, 9.17) is 4.42 Å². The van der Waals surface area contributed by atoms with Crippen LogP contribution in [0, 0.1) is 19.8 Å². The summed E-state index contributed by atoms with van der Waals surface area (Å²) in [6, 6.07) is 4.78. The molecule has 1 aromatic heterocycles. The van der Waals surface area contributed by atoms with Crippen LogP contribution < -0.4 is 5.32 Å². The summed E-state index contributed by atoms with van der Waals surface area (Å²) in [5, 5.41) is 20.6. The standard InChI is InChI=1S/C23H33N5O3/c1-14-10-19(16(3)20(11-14)24-23-26-25-21(31-23)17(4)29)13-27-8-9-28(15(2)12-27)22(30)18-6-5-7-18/h10-11,15,17-18,29H,5-9,12-13H2,1-4H3,(H,24,26)/t15-,17-/m0/s1. The monoisotopic (exact) mass is 427 g/mol. The number of aliphatic hydroxyl groups excluding tert-OH is 1. The summed E-state index contributed by atoms with van der Waals surface area (Å²) in [4.78, 5) is 17.2. The first-order valence-electron chi connectivity index (χ1n) is 11.2. The molecule has 1 aliphatic heterocycles. The van der Waals surface area contributed by atoms with Gasteiger partial charge in [0, 0.05) is 43.8 Å². The number of anilines is 2. The number of aryl methyl sites for hydroxylation is 1. The van der Waals surface area contributed by atoms with E-state index in [1.165, 1.54) is 12.0 Å². The normalized spacial score (nSPS) is 21.1. The van der Waals surface area contributed by atoms with Gasteiger partial charge in [-0.2, -0.15) is 0 Å². The number of rotatable bonds is 6. The summed E-state index contributed by atoms with van der Waals surface area (Å²) in [7, 11) is 0. The Morgan fingerprint density at radius 1 is 1.29 bits per heavy atom. The molecule has 0 spiro atoms. The number of benzene rings is 1. The van der Waals surface area contributed by atoms with Crippen molar-refractivity contribution < 1.29 is 14.3 Å². The van der Waals surface area contributed by atoms with Gasteiger partial charge in [-0.25, -0.2) is 0 Å². The lowest BCUT2D eigenvalue weighted by atomic mass is 9.84. The maximum Gasteiger partial charge on any atom is 0.320 e. The quantitative estimate of drug-likeness (QED) is 0.730. The zero-order valence-electron chi connectivity index (χ0n) is 18.9. The second kappa shape index (κ2) is 8.96. The number of hydrogen-bond acceptors (Lipinski definition) is 7. The van der Waals surface area contributed by atoms with Crippen LogP contribution in [0.3, 0.4) is 0 Å². The second-order valence-corrected chi connectivity index (χ2v) is 9.09. The third kappa shape index (κ3) is 4.75. The van der Waals surface area contributed by atoms with Crippen molar-refractivity contribution in [2.24, 2.45) is 5.92 Å². The summed E-state index contributed by atoms with van der Waals surface area (Å²) in [5.74, 6) is 0.810. The van der Waals surface area contributed by atoms with Crippen molar-refractivity contribution in [1.29, 1.82) is 0 Å². The lowest BCUT2D eigenvalue weighted by molar-refractivity contribution is -0.142. The molecule has 168 valence electrons. The Morgan fingerprint density at radius 3 is 2.68 bits per heavy atom. The number of carbonyl (C=O) groups is 1. The lowest BCUT2D eigenvalue weighted by Gasteiger charge is -2.42. The van der Waals surface area contributed by atoms with E-state index < -0.39 is 6.10 Å². The number of aliphatic hydroxyl groups is 1. The topological polar surface area (TPSA) is 94.7 Å². The van der Waals surface area contributed by atoms with Crippen LogP contribution in [0.4, 0.5) is 11.7 Å². The van der Waals surface area contributed by atoms with E-state index in [0.29, 0.717) is 5.91 Å². The van der Waals surface area contributed by atoms with Crippen molar-refractivity contribution in [2.45, 2.75) is 65.6 Å². The molecule has 1 saturated heterocycles. The van der Waals surface area contributed by atoms with E-state index in [1.807, 2.05) is 0 Å². The van der Waals surface area contributed by atoms with Crippen LogP contribution in [0.15, 0.2) is 16.5 Å². The Balaban J connectivity index is 1.43. The van der Waals surface area contributed by atoms with Crippen molar-refractivity contribution >= 4 is 17.6 Å². The SMILES string of the molecule is Cc1cc(CN2CCN(C(=O)C3CCC3)[C@@H](C)C2)c(C)c(Nc2nnc([C@H](C)O)o2)c1. The number of carbonyl (C=O) groups excluding carboxylic acids is 1. The minimum absolute atomic E-state index is 0.191. The van der Waals surface area contributed by atoms with Gasteiger partial charge in [0.15, 0.2) is 0 Å². The predicted molar refractivity (Wildman–Crippen MR) is 118 cm³/mol. The molecule has 4 rings (SSSR count). The molecule has 1 aromatic carbocycles. The molecule has 31 heavy (non-hydrogen) atoms. The van der Waals surface area contributed by atoms with Crippen LogP contribution in [0.1, 0.15) is 61.8 Å². The fourth-order valence-electron chi connectivity index (χ4n) is 4.43. The smallest absolute Gasteiger partial charge is 0.320 e. The van der Waals surface area contributed by atoms with E-state index in [1.54, 1.807) is 6.92 Å². The molecule has 2 N–H and O–H groups in total. The maximum atomic E-state index is 12.7. The molecule has 8 heteroatoms. The molecule has 2 heterocycles. The van der Waals surface area contributed by atoms with Crippen molar-refractivity contribution in [3.8, 4) is 0 Å². The molecule has 0 radical (unpaired) electrons. The molecule has 1 saturated carbocycles. The number of aromatic nitrogens is 2. The third-order valence-corrected chi connectivity index (χ3v) is 6.54. The molecule has 0 unspecified atom stereocenters. The molecule has 2 aromatic rings. The van der Waals surface area contributed by atoms with Gasteiger partial charge in [-0.1, -0.05) is 17.6 Å². The average Bonchev–Trinajstić information content (AvgIpc) is 3.13. The number of piperazine rings is 1. The largest absolute Gasteiger partial charge is 0.405 e. The van der Waals surface area contributed by atoms with Gasteiger partial charge in [-0.15, -0.1) is 5.10 Å². The summed E-state index contributed by atoms with van der Waals surface area (Å²) in [5.41, 5.74) is 4.43. The molecule has 2 aliphatic rings. The van der Waals surface area contributed by atoms with E-state index in [-0.39, 0.29) is 23.9 Å². The maximum absolute atomic E-state index is 12.7. The molecule has 0 bridgehead atoms. The summed E-state index contributed by atoms with van der Waals surface area (Å²) < 4.78 is 5.48.